The molecule has 4 heteroatoms. The molecule has 0 aliphatic carbocycles. The van der Waals surface area contributed by atoms with Gasteiger partial charge >= 0.3 is 5.97 Å². The molecule has 3 aromatic rings. The Morgan fingerprint density at radius 3 is 2.67 bits per heavy atom. The van der Waals surface area contributed by atoms with E-state index in [4.69, 9.17) is 4.74 Å². The van der Waals surface area contributed by atoms with Gasteiger partial charge in [-0.2, -0.15) is 0 Å². The Morgan fingerprint density at radius 2 is 1.95 bits per heavy atom. The van der Waals surface area contributed by atoms with Crippen LogP contribution in [0.15, 0.2) is 40.9 Å². The van der Waals surface area contributed by atoms with Gasteiger partial charge in [-0.25, -0.2) is 4.79 Å². The zero-order valence-corrected chi connectivity index (χ0v) is 13.4. The molecule has 0 amide bonds. The number of carbonyl (C=O) groups is 1. The van der Waals surface area contributed by atoms with Crippen LogP contribution in [0.1, 0.15) is 23.0 Å². The lowest BCUT2D eigenvalue weighted by Gasteiger charge is -2.10. The number of esters is 1. The first-order valence-electron chi connectivity index (χ1n) is 6.77. The van der Waals surface area contributed by atoms with Crippen LogP contribution >= 0.6 is 15.9 Å². The number of benzene rings is 2. The van der Waals surface area contributed by atoms with E-state index in [1.165, 1.54) is 0 Å². The molecule has 0 saturated carbocycles. The zero-order valence-electron chi connectivity index (χ0n) is 11.8. The molecule has 3 rings (SSSR count). The van der Waals surface area contributed by atoms with Crippen LogP contribution in [0.4, 0.5) is 0 Å². The summed E-state index contributed by atoms with van der Waals surface area (Å²) in [5.41, 5.74) is 2.11. The van der Waals surface area contributed by atoms with Crippen molar-refractivity contribution in [1.82, 2.24) is 4.98 Å². The van der Waals surface area contributed by atoms with E-state index in [0.717, 1.165) is 26.1 Å². The third kappa shape index (κ3) is 2.40. The third-order valence-electron chi connectivity index (χ3n) is 3.46. The lowest BCUT2D eigenvalue weighted by Crippen LogP contribution is -2.08. The summed E-state index contributed by atoms with van der Waals surface area (Å²) in [5.74, 6) is -0.325. The molecule has 2 aromatic carbocycles. The first-order valence-corrected chi connectivity index (χ1v) is 7.57. The highest BCUT2D eigenvalue weighted by molar-refractivity contribution is 9.10. The predicted molar refractivity (Wildman–Crippen MR) is 87.6 cm³/mol. The van der Waals surface area contributed by atoms with E-state index in [1.54, 1.807) is 6.92 Å². The fourth-order valence-electron chi connectivity index (χ4n) is 2.47. The Labute approximate surface area is 131 Å². The van der Waals surface area contributed by atoms with Gasteiger partial charge in [0.25, 0.3) is 0 Å². The number of carbonyl (C=O) groups excluding carboxylic acids is 1. The van der Waals surface area contributed by atoms with Gasteiger partial charge in [0.1, 0.15) is 0 Å². The van der Waals surface area contributed by atoms with Crippen molar-refractivity contribution in [2.75, 3.05) is 6.61 Å². The van der Waals surface area contributed by atoms with E-state index in [0.29, 0.717) is 17.9 Å². The van der Waals surface area contributed by atoms with Gasteiger partial charge in [0.05, 0.1) is 23.4 Å². The van der Waals surface area contributed by atoms with Crippen LogP contribution in [-0.2, 0) is 4.74 Å². The van der Waals surface area contributed by atoms with Gasteiger partial charge in [-0.05, 0) is 31.4 Å². The first kappa shape index (κ1) is 14.0. The molecule has 0 saturated heterocycles. The number of aromatic nitrogens is 1. The number of nitrogens with zero attached hydrogens (tertiary/aromatic N) is 1. The van der Waals surface area contributed by atoms with Crippen molar-refractivity contribution in [3.05, 3.63) is 52.1 Å². The van der Waals surface area contributed by atoms with Gasteiger partial charge in [-0.3, -0.25) is 4.98 Å². The maximum atomic E-state index is 12.0. The van der Waals surface area contributed by atoms with Gasteiger partial charge in [0, 0.05) is 15.2 Å². The molecule has 0 spiro atoms. The van der Waals surface area contributed by atoms with E-state index in [2.05, 4.69) is 27.0 Å². The van der Waals surface area contributed by atoms with Crippen LogP contribution in [-0.4, -0.2) is 17.6 Å². The second-order valence-electron chi connectivity index (χ2n) is 4.82. The Morgan fingerprint density at radius 1 is 1.24 bits per heavy atom. The number of hydrogen-bond donors (Lipinski definition) is 0. The highest BCUT2D eigenvalue weighted by atomic mass is 79.9. The molecule has 1 aromatic heterocycles. The van der Waals surface area contributed by atoms with Gasteiger partial charge in [-0.15, -0.1) is 0 Å². The highest BCUT2D eigenvalue weighted by Crippen LogP contribution is 2.31. The molecular formula is C17H14BrNO2. The van der Waals surface area contributed by atoms with Crippen molar-refractivity contribution >= 4 is 43.6 Å². The quantitative estimate of drug-likeness (QED) is 0.502. The Kier molecular flexibility index (Phi) is 3.64. The van der Waals surface area contributed by atoms with E-state index in [1.807, 2.05) is 37.3 Å². The monoisotopic (exact) mass is 343 g/mol. The molecule has 0 aliphatic heterocycles. The number of halogens is 1. The molecule has 0 N–H and O–H groups in total. The van der Waals surface area contributed by atoms with Crippen LogP contribution < -0.4 is 0 Å². The van der Waals surface area contributed by atoms with Crippen molar-refractivity contribution in [3.8, 4) is 0 Å². The highest BCUT2D eigenvalue weighted by Gasteiger charge is 2.14. The summed E-state index contributed by atoms with van der Waals surface area (Å²) < 4.78 is 6.08. The average Bonchev–Trinajstić information content (AvgIpc) is 2.48. The van der Waals surface area contributed by atoms with Crippen molar-refractivity contribution in [2.45, 2.75) is 13.8 Å². The first-order chi connectivity index (χ1) is 10.1. The molecule has 0 aliphatic rings. The SMILES string of the molecule is CCOC(=O)c1cc2cc(Br)c3ccccc3c2nc1C. The molecule has 0 fully saturated rings. The van der Waals surface area contributed by atoms with Crippen molar-refractivity contribution in [3.63, 3.8) is 0 Å². The lowest BCUT2D eigenvalue weighted by molar-refractivity contribution is 0.0525. The van der Waals surface area contributed by atoms with Crippen LogP contribution in [0.5, 0.6) is 0 Å². The molecule has 0 bridgehead atoms. The van der Waals surface area contributed by atoms with Gasteiger partial charge < -0.3 is 4.74 Å². The Bertz CT molecular complexity index is 858. The summed E-state index contributed by atoms with van der Waals surface area (Å²) in [4.78, 5) is 16.6. The van der Waals surface area contributed by atoms with Gasteiger partial charge in [-0.1, -0.05) is 40.2 Å². The van der Waals surface area contributed by atoms with Crippen LogP contribution in [0.3, 0.4) is 0 Å². The van der Waals surface area contributed by atoms with Gasteiger partial charge in [0.15, 0.2) is 0 Å². The molecule has 0 radical (unpaired) electrons. The fraction of sp³-hybridized carbons (Fsp3) is 0.176. The molecule has 0 unspecified atom stereocenters. The molecule has 21 heavy (non-hydrogen) atoms. The van der Waals surface area contributed by atoms with E-state index >= 15 is 0 Å². The number of ether oxygens (including phenoxy) is 1. The van der Waals surface area contributed by atoms with E-state index < -0.39 is 0 Å². The minimum Gasteiger partial charge on any atom is -0.462 e. The second-order valence-corrected chi connectivity index (χ2v) is 5.67. The summed E-state index contributed by atoms with van der Waals surface area (Å²) in [7, 11) is 0. The topological polar surface area (TPSA) is 39.2 Å². The summed E-state index contributed by atoms with van der Waals surface area (Å²) in [6.45, 7) is 3.99. The van der Waals surface area contributed by atoms with Crippen LogP contribution in [0, 0.1) is 6.92 Å². The molecule has 0 atom stereocenters. The minimum atomic E-state index is -0.325. The summed E-state index contributed by atoms with van der Waals surface area (Å²) in [6.07, 6.45) is 0. The number of hydrogen-bond acceptors (Lipinski definition) is 3. The normalized spacial score (nSPS) is 11.0. The number of pyridine rings is 1. The second kappa shape index (κ2) is 5.45. The Balaban J connectivity index is 2.33. The Hall–Kier alpha value is -1.94. The van der Waals surface area contributed by atoms with Gasteiger partial charge in [0.2, 0.25) is 0 Å². The van der Waals surface area contributed by atoms with Crippen molar-refractivity contribution in [2.24, 2.45) is 0 Å². The maximum Gasteiger partial charge on any atom is 0.339 e. The molecular weight excluding hydrogens is 330 g/mol. The minimum absolute atomic E-state index is 0.325. The summed E-state index contributed by atoms with van der Waals surface area (Å²) in [6, 6.07) is 11.9. The third-order valence-corrected chi connectivity index (χ3v) is 4.12. The predicted octanol–water partition coefficient (Wildman–Crippen LogP) is 4.64. The van der Waals surface area contributed by atoms with E-state index in [-0.39, 0.29) is 5.97 Å². The van der Waals surface area contributed by atoms with Crippen LogP contribution in [0.25, 0.3) is 21.7 Å². The van der Waals surface area contributed by atoms with Crippen LogP contribution in [0.2, 0.25) is 0 Å². The smallest absolute Gasteiger partial charge is 0.339 e. The zero-order chi connectivity index (χ0) is 15.0. The summed E-state index contributed by atoms with van der Waals surface area (Å²) in [5, 5.41) is 3.11. The fourth-order valence-corrected chi connectivity index (χ4v) is 3.07. The van der Waals surface area contributed by atoms with Crippen molar-refractivity contribution < 1.29 is 9.53 Å². The number of aryl methyl sites for hydroxylation is 1. The lowest BCUT2D eigenvalue weighted by atomic mass is 10.0. The molecule has 106 valence electrons. The van der Waals surface area contributed by atoms with E-state index in [9.17, 15) is 4.79 Å². The maximum absolute atomic E-state index is 12.0. The largest absolute Gasteiger partial charge is 0.462 e. The average molecular weight is 344 g/mol. The standard InChI is InChI=1S/C17H14BrNO2/c1-3-21-17(20)14-8-11-9-15(18)12-6-4-5-7-13(12)16(11)19-10(14)2/h4-9H,3H2,1-2H3. The number of fused-ring (bicyclic) bond motifs is 3. The molecule has 1 heterocycles. The number of rotatable bonds is 2. The molecule has 3 nitrogen and oxygen atoms in total. The summed E-state index contributed by atoms with van der Waals surface area (Å²) >= 11 is 3.58. The van der Waals surface area contributed by atoms with Crippen molar-refractivity contribution in [1.29, 1.82) is 0 Å².